The Hall–Kier alpha value is -3.55. The van der Waals surface area contributed by atoms with Crippen LogP contribution in [0.15, 0.2) is 81.8 Å². The molecule has 1 aliphatic rings. The molecule has 1 amide bonds. The van der Waals surface area contributed by atoms with Gasteiger partial charge in [0.2, 0.25) is 5.78 Å². The number of amides is 1. The van der Waals surface area contributed by atoms with Crippen molar-refractivity contribution in [1.82, 2.24) is 4.90 Å². The van der Waals surface area contributed by atoms with E-state index in [0.29, 0.717) is 21.9 Å². The minimum absolute atomic E-state index is 0.0446. The number of fused-ring (bicyclic) bond motifs is 1. The van der Waals surface area contributed by atoms with E-state index < -0.39 is 23.5 Å². The van der Waals surface area contributed by atoms with Gasteiger partial charge in [-0.3, -0.25) is 9.59 Å². The first kappa shape index (κ1) is 21.3. The van der Waals surface area contributed by atoms with E-state index in [-0.39, 0.29) is 17.9 Å². The highest BCUT2D eigenvalue weighted by atomic mass is 35.5. The van der Waals surface area contributed by atoms with E-state index in [2.05, 4.69) is 0 Å². The number of rotatable bonds is 6. The zero-order valence-electron chi connectivity index (χ0n) is 17.4. The summed E-state index contributed by atoms with van der Waals surface area (Å²) in [6.07, 6.45) is 0. The van der Waals surface area contributed by atoms with Crippen molar-refractivity contribution in [2.75, 3.05) is 7.11 Å². The molecule has 5 rings (SSSR count). The average Bonchev–Trinajstić information content (AvgIpc) is 3.54. The third kappa shape index (κ3) is 3.69. The van der Waals surface area contributed by atoms with Crippen LogP contribution in [0.5, 0.6) is 5.75 Å². The number of furan rings is 1. The second-order valence-electron chi connectivity index (χ2n) is 7.55. The van der Waals surface area contributed by atoms with Gasteiger partial charge in [0.15, 0.2) is 11.5 Å². The summed E-state index contributed by atoms with van der Waals surface area (Å²) in [4.78, 5) is 29.1. The summed E-state index contributed by atoms with van der Waals surface area (Å²) in [6, 6.07) is 16.8. The number of nitrogens with zero attached hydrogens (tertiary/aromatic N) is 1. The molecule has 2 aromatic carbocycles. The molecular formula is C25H18ClNO5S. The average molecular weight is 480 g/mol. The first-order chi connectivity index (χ1) is 16.0. The topological polar surface area (TPSA) is 80.0 Å². The van der Waals surface area contributed by atoms with Gasteiger partial charge >= 0.3 is 0 Å². The maximum Gasteiger partial charge on any atom is 0.290 e. The van der Waals surface area contributed by atoms with Crippen molar-refractivity contribution < 1.29 is 23.8 Å². The highest BCUT2D eigenvalue weighted by molar-refractivity contribution is 7.09. The summed E-state index contributed by atoms with van der Waals surface area (Å²) < 4.78 is 11.0. The molecule has 33 heavy (non-hydrogen) atoms. The molecule has 1 N–H and O–H groups in total. The van der Waals surface area contributed by atoms with Crippen LogP contribution in [-0.2, 0) is 11.3 Å². The van der Waals surface area contributed by atoms with E-state index in [4.69, 9.17) is 20.8 Å². The van der Waals surface area contributed by atoms with Crippen molar-refractivity contribution in [3.63, 3.8) is 0 Å². The molecule has 4 aromatic rings. The van der Waals surface area contributed by atoms with Crippen LogP contribution >= 0.6 is 22.9 Å². The SMILES string of the molecule is COc1ccc(C2C(C(=O)c3cc4ccccc4o3)=C(O)C(=O)N2Cc2cccs2)cc1Cl. The van der Waals surface area contributed by atoms with Gasteiger partial charge in [0.25, 0.3) is 5.91 Å². The number of para-hydroxylation sites is 1. The molecule has 0 fully saturated rings. The molecule has 3 heterocycles. The number of aliphatic hydroxyl groups excluding tert-OH is 1. The van der Waals surface area contributed by atoms with Crippen molar-refractivity contribution in [3.8, 4) is 5.75 Å². The highest BCUT2D eigenvalue weighted by Crippen LogP contribution is 2.42. The monoisotopic (exact) mass is 479 g/mol. The molecule has 1 atom stereocenters. The van der Waals surface area contributed by atoms with Crippen LogP contribution in [0.4, 0.5) is 0 Å². The Morgan fingerprint density at radius 1 is 1.18 bits per heavy atom. The van der Waals surface area contributed by atoms with E-state index in [1.54, 1.807) is 36.4 Å². The molecular weight excluding hydrogens is 462 g/mol. The molecule has 8 heteroatoms. The summed E-state index contributed by atoms with van der Waals surface area (Å²) in [5.74, 6) is -1.25. The van der Waals surface area contributed by atoms with Crippen LogP contribution in [0.25, 0.3) is 11.0 Å². The predicted octanol–water partition coefficient (Wildman–Crippen LogP) is 5.93. The highest BCUT2D eigenvalue weighted by Gasteiger charge is 2.44. The van der Waals surface area contributed by atoms with Gasteiger partial charge in [0.05, 0.1) is 30.3 Å². The molecule has 1 unspecified atom stereocenters. The van der Waals surface area contributed by atoms with Gasteiger partial charge in [-0.05, 0) is 41.3 Å². The number of methoxy groups -OCH3 is 1. The Labute approximate surface area is 198 Å². The number of aliphatic hydroxyl groups is 1. The molecule has 2 aromatic heterocycles. The zero-order valence-corrected chi connectivity index (χ0v) is 19.0. The van der Waals surface area contributed by atoms with Crippen molar-refractivity contribution in [1.29, 1.82) is 0 Å². The third-order valence-electron chi connectivity index (χ3n) is 5.60. The molecule has 0 radical (unpaired) electrons. The van der Waals surface area contributed by atoms with Gasteiger partial charge in [-0.1, -0.05) is 41.9 Å². The second-order valence-corrected chi connectivity index (χ2v) is 8.99. The van der Waals surface area contributed by atoms with Gasteiger partial charge in [0.1, 0.15) is 11.3 Å². The van der Waals surface area contributed by atoms with E-state index in [1.807, 2.05) is 29.6 Å². The van der Waals surface area contributed by atoms with Crippen LogP contribution in [0, 0.1) is 0 Å². The number of halogens is 1. The smallest absolute Gasteiger partial charge is 0.290 e. The Morgan fingerprint density at radius 2 is 2.00 bits per heavy atom. The van der Waals surface area contributed by atoms with Crippen molar-refractivity contribution in [3.05, 3.63) is 98.6 Å². The maximum atomic E-state index is 13.6. The Balaban J connectivity index is 1.62. The number of benzene rings is 2. The molecule has 0 saturated heterocycles. The minimum atomic E-state index is -0.844. The number of carbonyl (C=O) groups is 2. The first-order valence-corrected chi connectivity index (χ1v) is 11.4. The molecule has 0 saturated carbocycles. The third-order valence-corrected chi connectivity index (χ3v) is 6.75. The fourth-order valence-corrected chi connectivity index (χ4v) is 5.01. The van der Waals surface area contributed by atoms with Crippen molar-refractivity contribution >= 4 is 45.6 Å². The number of ether oxygens (including phenoxy) is 1. The maximum absolute atomic E-state index is 13.6. The summed E-state index contributed by atoms with van der Waals surface area (Å²) in [7, 11) is 1.51. The van der Waals surface area contributed by atoms with E-state index in [9.17, 15) is 14.7 Å². The molecule has 0 aliphatic carbocycles. The van der Waals surface area contributed by atoms with Crippen LogP contribution in [0.1, 0.15) is 27.0 Å². The fraction of sp³-hybridized carbons (Fsp3) is 0.120. The van der Waals surface area contributed by atoms with Gasteiger partial charge in [-0.2, -0.15) is 0 Å². The minimum Gasteiger partial charge on any atom is -0.503 e. The lowest BCUT2D eigenvalue weighted by atomic mass is 9.95. The fourth-order valence-electron chi connectivity index (χ4n) is 4.04. The van der Waals surface area contributed by atoms with Crippen molar-refractivity contribution in [2.45, 2.75) is 12.6 Å². The molecule has 0 spiro atoms. The molecule has 1 aliphatic heterocycles. The van der Waals surface area contributed by atoms with Gasteiger partial charge in [0, 0.05) is 10.3 Å². The number of Topliss-reactive ketones (excluding diaryl/α,β-unsaturated/α-hetero) is 1. The van der Waals surface area contributed by atoms with Gasteiger partial charge in [-0.25, -0.2) is 0 Å². The van der Waals surface area contributed by atoms with E-state index in [0.717, 1.165) is 10.3 Å². The zero-order chi connectivity index (χ0) is 23.1. The van der Waals surface area contributed by atoms with Gasteiger partial charge < -0.3 is 19.2 Å². The molecule has 0 bridgehead atoms. The van der Waals surface area contributed by atoms with Crippen molar-refractivity contribution in [2.24, 2.45) is 0 Å². The lowest BCUT2D eigenvalue weighted by Gasteiger charge is -2.26. The normalized spacial score (nSPS) is 16.1. The quantitative estimate of drug-likeness (QED) is 0.346. The summed E-state index contributed by atoms with van der Waals surface area (Å²) in [5, 5.41) is 13.8. The van der Waals surface area contributed by atoms with E-state index >= 15 is 0 Å². The van der Waals surface area contributed by atoms with Gasteiger partial charge in [-0.15, -0.1) is 11.3 Å². The number of ketones is 1. The Morgan fingerprint density at radius 3 is 2.70 bits per heavy atom. The first-order valence-electron chi connectivity index (χ1n) is 10.1. The number of carbonyl (C=O) groups excluding carboxylic acids is 2. The van der Waals surface area contributed by atoms with Crippen LogP contribution in [0.3, 0.4) is 0 Å². The standard InChI is InChI=1S/C25H18ClNO5S/c1-31-19-9-8-15(11-17(19)26)22-21(23(28)20-12-14-5-2-3-7-18(14)32-20)24(29)25(30)27(22)13-16-6-4-10-33-16/h2-12,22,29H,13H2,1H3. The summed E-state index contributed by atoms with van der Waals surface area (Å²) in [5.41, 5.74) is 1.08. The predicted molar refractivity (Wildman–Crippen MR) is 126 cm³/mol. The number of thiophene rings is 1. The molecule has 166 valence electrons. The number of hydrogen-bond acceptors (Lipinski definition) is 6. The van der Waals surface area contributed by atoms with Crippen LogP contribution in [0.2, 0.25) is 5.02 Å². The number of hydrogen-bond donors (Lipinski definition) is 1. The summed E-state index contributed by atoms with van der Waals surface area (Å²) in [6.45, 7) is 0.228. The van der Waals surface area contributed by atoms with E-state index in [1.165, 1.54) is 23.3 Å². The molecule has 6 nitrogen and oxygen atoms in total. The lowest BCUT2D eigenvalue weighted by Crippen LogP contribution is -2.30. The summed E-state index contributed by atoms with van der Waals surface area (Å²) >= 11 is 7.85. The largest absolute Gasteiger partial charge is 0.503 e. The Kier molecular flexibility index (Phi) is 5.44. The van der Waals surface area contributed by atoms with Crippen LogP contribution in [-0.4, -0.2) is 28.8 Å². The van der Waals surface area contributed by atoms with Crippen LogP contribution < -0.4 is 4.74 Å². The lowest BCUT2D eigenvalue weighted by molar-refractivity contribution is -0.130. The second kappa shape index (κ2) is 8.42. The Bertz CT molecular complexity index is 1370.